The summed E-state index contributed by atoms with van der Waals surface area (Å²) in [5, 5.41) is 2.61. The molecule has 1 aliphatic rings. The second kappa shape index (κ2) is 5.89. The lowest BCUT2D eigenvalue weighted by molar-refractivity contribution is -0.134. The minimum Gasteiger partial charge on any atom is -0.453 e. The molecule has 1 heterocycles. The second-order valence-electron chi connectivity index (χ2n) is 4.88. The minimum absolute atomic E-state index is 0.00426. The molecule has 1 rings (SSSR count). The Hall–Kier alpha value is -1.26. The zero-order valence-corrected chi connectivity index (χ0v) is 11.0. The molecular weight excluding hydrogens is 220 g/mol. The summed E-state index contributed by atoms with van der Waals surface area (Å²) in [6.45, 7) is 6.66. The van der Waals surface area contributed by atoms with Crippen molar-refractivity contribution in [2.45, 2.75) is 45.7 Å². The van der Waals surface area contributed by atoms with Gasteiger partial charge in [-0.15, -0.1) is 0 Å². The Morgan fingerprint density at radius 3 is 2.47 bits per heavy atom. The number of hydrogen-bond donors (Lipinski definition) is 1. The van der Waals surface area contributed by atoms with Crippen molar-refractivity contribution >= 4 is 12.0 Å². The molecule has 0 saturated carbocycles. The van der Waals surface area contributed by atoms with Crippen LogP contribution in [0.5, 0.6) is 0 Å². The predicted molar refractivity (Wildman–Crippen MR) is 64.6 cm³/mol. The van der Waals surface area contributed by atoms with E-state index in [2.05, 4.69) is 10.1 Å². The average Bonchev–Trinajstić information content (AvgIpc) is 2.70. The van der Waals surface area contributed by atoms with Gasteiger partial charge in [0.1, 0.15) is 6.04 Å². The molecule has 0 aliphatic carbocycles. The lowest BCUT2D eigenvalue weighted by Crippen LogP contribution is -2.52. The average molecular weight is 242 g/mol. The molecule has 1 fully saturated rings. The lowest BCUT2D eigenvalue weighted by Gasteiger charge is -2.29. The largest absolute Gasteiger partial charge is 0.453 e. The van der Waals surface area contributed by atoms with E-state index in [0.29, 0.717) is 0 Å². The van der Waals surface area contributed by atoms with Gasteiger partial charge in [-0.3, -0.25) is 4.79 Å². The van der Waals surface area contributed by atoms with E-state index in [4.69, 9.17) is 0 Å². The zero-order valence-electron chi connectivity index (χ0n) is 11.0. The van der Waals surface area contributed by atoms with Crippen LogP contribution in [0, 0.1) is 5.92 Å². The van der Waals surface area contributed by atoms with Gasteiger partial charge in [-0.2, -0.15) is 0 Å². The van der Waals surface area contributed by atoms with Gasteiger partial charge in [0.25, 0.3) is 0 Å². The molecule has 17 heavy (non-hydrogen) atoms. The van der Waals surface area contributed by atoms with Crippen LogP contribution in [0.3, 0.4) is 0 Å². The molecule has 2 atom stereocenters. The van der Waals surface area contributed by atoms with Crippen LogP contribution in [0.4, 0.5) is 4.79 Å². The molecule has 1 N–H and O–H groups in total. The maximum absolute atomic E-state index is 12.3. The Labute approximate surface area is 102 Å². The SMILES string of the molecule is COC(=O)NC(C(=O)N1CCCC1C)C(C)C. The number of ether oxygens (including phenoxy) is 1. The van der Waals surface area contributed by atoms with Gasteiger partial charge in [-0.1, -0.05) is 13.8 Å². The highest BCUT2D eigenvalue weighted by atomic mass is 16.5. The first-order valence-electron chi connectivity index (χ1n) is 6.12. The second-order valence-corrected chi connectivity index (χ2v) is 4.88. The zero-order chi connectivity index (χ0) is 13.0. The highest BCUT2D eigenvalue weighted by Gasteiger charge is 2.33. The van der Waals surface area contributed by atoms with Crippen LogP contribution in [0.1, 0.15) is 33.6 Å². The molecule has 0 spiro atoms. The number of carbonyl (C=O) groups is 2. The Kier molecular flexibility index (Phi) is 4.78. The third kappa shape index (κ3) is 3.35. The van der Waals surface area contributed by atoms with E-state index in [-0.39, 0.29) is 17.9 Å². The smallest absolute Gasteiger partial charge is 0.407 e. The van der Waals surface area contributed by atoms with Crippen molar-refractivity contribution in [3.63, 3.8) is 0 Å². The van der Waals surface area contributed by atoms with Crippen molar-refractivity contribution in [1.29, 1.82) is 0 Å². The molecule has 2 unspecified atom stereocenters. The van der Waals surface area contributed by atoms with Crippen molar-refractivity contribution in [2.75, 3.05) is 13.7 Å². The molecule has 0 aromatic carbocycles. The molecule has 5 heteroatoms. The predicted octanol–water partition coefficient (Wildman–Crippen LogP) is 1.38. The van der Waals surface area contributed by atoms with E-state index >= 15 is 0 Å². The molecular formula is C12H22N2O3. The van der Waals surface area contributed by atoms with Gasteiger partial charge in [0.2, 0.25) is 5.91 Å². The minimum atomic E-state index is -0.552. The summed E-state index contributed by atoms with van der Waals surface area (Å²) in [5.74, 6) is 0.0461. The molecule has 0 radical (unpaired) electrons. The first-order valence-corrected chi connectivity index (χ1v) is 6.12. The van der Waals surface area contributed by atoms with E-state index in [9.17, 15) is 9.59 Å². The van der Waals surface area contributed by atoms with Crippen LogP contribution >= 0.6 is 0 Å². The fraction of sp³-hybridized carbons (Fsp3) is 0.833. The van der Waals surface area contributed by atoms with Crippen molar-refractivity contribution in [2.24, 2.45) is 5.92 Å². The van der Waals surface area contributed by atoms with E-state index in [0.717, 1.165) is 19.4 Å². The van der Waals surface area contributed by atoms with Gasteiger partial charge in [0.05, 0.1) is 7.11 Å². The van der Waals surface area contributed by atoms with Crippen LogP contribution in [0.2, 0.25) is 0 Å². The first kappa shape index (κ1) is 13.8. The maximum atomic E-state index is 12.3. The van der Waals surface area contributed by atoms with Crippen molar-refractivity contribution < 1.29 is 14.3 Å². The van der Waals surface area contributed by atoms with Crippen LogP contribution in [0.25, 0.3) is 0 Å². The first-order chi connectivity index (χ1) is 7.97. The molecule has 98 valence electrons. The molecule has 0 bridgehead atoms. The van der Waals surface area contributed by atoms with Gasteiger partial charge in [-0.05, 0) is 25.7 Å². The summed E-state index contributed by atoms with van der Waals surface area (Å²) in [4.78, 5) is 25.4. The Bertz CT molecular complexity index is 291. The fourth-order valence-electron chi connectivity index (χ4n) is 2.14. The van der Waals surface area contributed by atoms with Gasteiger partial charge in [0, 0.05) is 12.6 Å². The summed E-state index contributed by atoms with van der Waals surface area (Å²) in [5.41, 5.74) is 0. The van der Waals surface area contributed by atoms with E-state index < -0.39 is 12.1 Å². The third-order valence-electron chi connectivity index (χ3n) is 3.23. The van der Waals surface area contributed by atoms with Crippen molar-refractivity contribution in [1.82, 2.24) is 10.2 Å². The van der Waals surface area contributed by atoms with Crippen molar-refractivity contribution in [3.8, 4) is 0 Å². The number of nitrogens with zero attached hydrogens (tertiary/aromatic N) is 1. The molecule has 5 nitrogen and oxygen atoms in total. The monoisotopic (exact) mass is 242 g/mol. The van der Waals surface area contributed by atoms with Gasteiger partial charge in [-0.25, -0.2) is 4.79 Å². The quantitative estimate of drug-likeness (QED) is 0.813. The van der Waals surface area contributed by atoms with Gasteiger partial charge in [0.15, 0.2) is 0 Å². The summed E-state index contributed by atoms with van der Waals surface area (Å²) in [6.07, 6.45) is 1.52. The number of nitrogens with one attached hydrogen (secondary N) is 1. The number of alkyl carbamates (subject to hydrolysis) is 1. The van der Waals surface area contributed by atoms with E-state index in [1.54, 1.807) is 0 Å². The number of rotatable bonds is 3. The highest BCUT2D eigenvalue weighted by molar-refractivity contribution is 5.86. The molecule has 0 aromatic heterocycles. The number of hydrogen-bond acceptors (Lipinski definition) is 3. The summed E-state index contributed by atoms with van der Waals surface area (Å²) >= 11 is 0. The summed E-state index contributed by atoms with van der Waals surface area (Å²) < 4.78 is 4.55. The Morgan fingerprint density at radius 1 is 1.41 bits per heavy atom. The molecule has 1 saturated heterocycles. The van der Waals surface area contributed by atoms with Crippen LogP contribution in [-0.2, 0) is 9.53 Å². The van der Waals surface area contributed by atoms with Crippen molar-refractivity contribution in [3.05, 3.63) is 0 Å². The standard InChI is InChI=1S/C12H22N2O3/c1-8(2)10(13-12(16)17-4)11(15)14-7-5-6-9(14)3/h8-10H,5-7H2,1-4H3,(H,13,16). The van der Waals surface area contributed by atoms with Crippen LogP contribution in [-0.4, -0.2) is 42.6 Å². The molecule has 2 amide bonds. The summed E-state index contributed by atoms with van der Waals surface area (Å²) in [7, 11) is 1.30. The number of likely N-dealkylation sites (tertiary alicyclic amines) is 1. The topological polar surface area (TPSA) is 58.6 Å². The maximum Gasteiger partial charge on any atom is 0.407 e. The molecule has 1 aliphatic heterocycles. The third-order valence-corrected chi connectivity index (χ3v) is 3.23. The van der Waals surface area contributed by atoms with Crippen LogP contribution in [0.15, 0.2) is 0 Å². The Morgan fingerprint density at radius 2 is 2.06 bits per heavy atom. The number of amides is 2. The normalized spacial score (nSPS) is 21.5. The van der Waals surface area contributed by atoms with Crippen LogP contribution < -0.4 is 5.32 Å². The Balaban J connectivity index is 2.69. The van der Waals surface area contributed by atoms with Gasteiger partial charge >= 0.3 is 6.09 Å². The number of carbonyl (C=O) groups excluding carboxylic acids is 2. The molecule has 0 aromatic rings. The van der Waals surface area contributed by atoms with Gasteiger partial charge < -0.3 is 15.0 Å². The summed E-state index contributed by atoms with van der Waals surface area (Å²) in [6, 6.07) is -0.230. The van der Waals surface area contributed by atoms with E-state index in [1.807, 2.05) is 25.7 Å². The van der Waals surface area contributed by atoms with E-state index in [1.165, 1.54) is 7.11 Å². The fourth-order valence-corrected chi connectivity index (χ4v) is 2.14. The number of methoxy groups -OCH3 is 1. The highest BCUT2D eigenvalue weighted by Crippen LogP contribution is 2.19. The lowest BCUT2D eigenvalue weighted by atomic mass is 10.0.